The summed E-state index contributed by atoms with van der Waals surface area (Å²) in [6, 6.07) is 10.7. The van der Waals surface area contributed by atoms with Crippen molar-refractivity contribution in [1.29, 1.82) is 0 Å². The third-order valence-corrected chi connectivity index (χ3v) is 2.95. The number of aromatic nitrogens is 1. The maximum absolute atomic E-state index is 12.3. The molecule has 0 amide bonds. The molecule has 0 radical (unpaired) electrons. The lowest BCUT2D eigenvalue weighted by Crippen LogP contribution is -2.11. The number of carbonyl (C=O) groups excluding carboxylic acids is 1. The van der Waals surface area contributed by atoms with Crippen LogP contribution >= 0.6 is 0 Å². The summed E-state index contributed by atoms with van der Waals surface area (Å²) in [7, 11) is 1.60. The Morgan fingerprint density at radius 3 is 2.52 bits per heavy atom. The van der Waals surface area contributed by atoms with E-state index in [4.69, 9.17) is 9.47 Å². The molecule has 0 spiro atoms. The fraction of sp³-hybridized carbons (Fsp3) is 0.294. The molecule has 1 aromatic heterocycles. The van der Waals surface area contributed by atoms with Gasteiger partial charge in [0.05, 0.1) is 25.3 Å². The van der Waals surface area contributed by atoms with Crippen molar-refractivity contribution in [2.45, 2.75) is 26.4 Å². The largest absolute Gasteiger partial charge is 0.497 e. The summed E-state index contributed by atoms with van der Waals surface area (Å²) in [5.74, 6) is 1.40. The molecule has 2 aromatic rings. The monoisotopic (exact) mass is 285 g/mol. The van der Waals surface area contributed by atoms with E-state index < -0.39 is 0 Å². The van der Waals surface area contributed by atoms with Gasteiger partial charge in [0.25, 0.3) is 0 Å². The molecule has 0 aliphatic rings. The van der Waals surface area contributed by atoms with Gasteiger partial charge in [-0.05, 0) is 50.2 Å². The van der Waals surface area contributed by atoms with Gasteiger partial charge in [-0.3, -0.25) is 9.78 Å². The molecule has 4 heteroatoms. The highest BCUT2D eigenvalue weighted by Crippen LogP contribution is 2.20. The van der Waals surface area contributed by atoms with Gasteiger partial charge in [-0.15, -0.1) is 0 Å². The van der Waals surface area contributed by atoms with Crippen molar-refractivity contribution in [3.8, 4) is 11.5 Å². The van der Waals surface area contributed by atoms with Gasteiger partial charge in [0.2, 0.25) is 0 Å². The zero-order chi connectivity index (χ0) is 15.2. The number of carbonyl (C=O) groups is 1. The molecule has 21 heavy (non-hydrogen) atoms. The summed E-state index contributed by atoms with van der Waals surface area (Å²) < 4.78 is 10.8. The fourth-order valence-electron chi connectivity index (χ4n) is 1.95. The molecule has 0 aliphatic heterocycles. The minimum Gasteiger partial charge on any atom is -0.497 e. The van der Waals surface area contributed by atoms with Crippen molar-refractivity contribution in [1.82, 2.24) is 4.98 Å². The average Bonchev–Trinajstić information content (AvgIpc) is 2.49. The molecule has 4 nitrogen and oxygen atoms in total. The van der Waals surface area contributed by atoms with Crippen LogP contribution in [0, 0.1) is 0 Å². The quantitative estimate of drug-likeness (QED) is 0.764. The van der Waals surface area contributed by atoms with Crippen LogP contribution in [0.2, 0.25) is 0 Å². The molecule has 0 unspecified atom stereocenters. The van der Waals surface area contributed by atoms with Gasteiger partial charge in [0.15, 0.2) is 5.78 Å². The van der Waals surface area contributed by atoms with E-state index in [0.717, 1.165) is 5.75 Å². The van der Waals surface area contributed by atoms with Crippen LogP contribution in [0.1, 0.15) is 29.9 Å². The summed E-state index contributed by atoms with van der Waals surface area (Å²) in [6.07, 6.45) is 1.93. The SMILES string of the molecule is COc1ccc(C(=O)Cc2ncccc2OC(C)C)cc1. The van der Waals surface area contributed by atoms with Crippen LogP contribution < -0.4 is 9.47 Å². The lowest BCUT2D eigenvalue weighted by atomic mass is 10.1. The van der Waals surface area contributed by atoms with Crippen molar-refractivity contribution < 1.29 is 14.3 Å². The van der Waals surface area contributed by atoms with Crippen LogP contribution in [-0.4, -0.2) is 24.0 Å². The van der Waals surface area contributed by atoms with Crippen molar-refractivity contribution in [2.75, 3.05) is 7.11 Å². The highest BCUT2D eigenvalue weighted by molar-refractivity contribution is 5.97. The van der Waals surface area contributed by atoms with E-state index in [1.54, 1.807) is 43.6 Å². The van der Waals surface area contributed by atoms with Crippen molar-refractivity contribution >= 4 is 5.78 Å². The maximum atomic E-state index is 12.3. The van der Waals surface area contributed by atoms with Crippen LogP contribution in [0.15, 0.2) is 42.6 Å². The molecule has 0 saturated carbocycles. The number of ether oxygens (including phenoxy) is 2. The highest BCUT2D eigenvalue weighted by Gasteiger charge is 2.13. The standard InChI is InChI=1S/C17H19NO3/c1-12(2)21-17-5-4-10-18-15(17)11-16(19)13-6-8-14(20-3)9-7-13/h4-10,12H,11H2,1-3H3. The molecule has 0 atom stereocenters. The van der Waals surface area contributed by atoms with Gasteiger partial charge in [0, 0.05) is 11.8 Å². The Morgan fingerprint density at radius 2 is 1.90 bits per heavy atom. The topological polar surface area (TPSA) is 48.4 Å². The van der Waals surface area contributed by atoms with Crippen molar-refractivity contribution in [2.24, 2.45) is 0 Å². The molecule has 2 rings (SSSR count). The van der Waals surface area contributed by atoms with Crippen LogP contribution in [0.25, 0.3) is 0 Å². The van der Waals surface area contributed by atoms with Gasteiger partial charge < -0.3 is 9.47 Å². The minimum absolute atomic E-state index is 0.00459. The third kappa shape index (κ3) is 4.05. The van der Waals surface area contributed by atoms with Gasteiger partial charge in [0.1, 0.15) is 11.5 Å². The Hall–Kier alpha value is -2.36. The Morgan fingerprint density at radius 1 is 1.19 bits per heavy atom. The highest BCUT2D eigenvalue weighted by atomic mass is 16.5. The number of methoxy groups -OCH3 is 1. The fourth-order valence-corrected chi connectivity index (χ4v) is 1.95. The first kappa shape index (κ1) is 15.0. The Balaban J connectivity index is 2.15. The Labute approximate surface area is 124 Å². The second kappa shape index (κ2) is 6.88. The summed E-state index contributed by atoms with van der Waals surface area (Å²) in [6.45, 7) is 3.89. The number of pyridine rings is 1. The summed E-state index contributed by atoms with van der Waals surface area (Å²) >= 11 is 0. The number of benzene rings is 1. The molecule has 0 N–H and O–H groups in total. The molecule has 1 aromatic carbocycles. The number of hydrogen-bond acceptors (Lipinski definition) is 4. The second-order valence-corrected chi connectivity index (χ2v) is 4.94. The Kier molecular flexibility index (Phi) is 4.93. The van der Waals surface area contributed by atoms with E-state index in [1.165, 1.54) is 0 Å². The molecule has 110 valence electrons. The van der Waals surface area contributed by atoms with Gasteiger partial charge in [-0.1, -0.05) is 0 Å². The molecule has 0 fully saturated rings. The predicted octanol–water partition coefficient (Wildman–Crippen LogP) is 3.30. The number of hydrogen-bond donors (Lipinski definition) is 0. The second-order valence-electron chi connectivity index (χ2n) is 4.94. The smallest absolute Gasteiger partial charge is 0.168 e. The Bertz CT molecular complexity index is 606. The molecule has 0 saturated heterocycles. The summed E-state index contributed by atoms with van der Waals surface area (Å²) in [5.41, 5.74) is 1.30. The zero-order valence-electron chi connectivity index (χ0n) is 12.5. The third-order valence-electron chi connectivity index (χ3n) is 2.95. The minimum atomic E-state index is 0.00459. The van der Waals surface area contributed by atoms with Gasteiger partial charge in [-0.2, -0.15) is 0 Å². The summed E-state index contributed by atoms with van der Waals surface area (Å²) in [5, 5.41) is 0. The number of ketones is 1. The first-order chi connectivity index (χ1) is 10.1. The summed E-state index contributed by atoms with van der Waals surface area (Å²) in [4.78, 5) is 16.6. The maximum Gasteiger partial charge on any atom is 0.168 e. The number of Topliss-reactive ketones (excluding diaryl/α,β-unsaturated/α-hetero) is 1. The van der Waals surface area contributed by atoms with E-state index >= 15 is 0 Å². The van der Waals surface area contributed by atoms with E-state index in [9.17, 15) is 4.79 Å². The van der Waals surface area contributed by atoms with Crippen LogP contribution in [-0.2, 0) is 6.42 Å². The lowest BCUT2D eigenvalue weighted by molar-refractivity contribution is 0.0990. The lowest BCUT2D eigenvalue weighted by Gasteiger charge is -2.13. The number of nitrogens with zero attached hydrogens (tertiary/aromatic N) is 1. The average molecular weight is 285 g/mol. The van der Waals surface area contributed by atoms with Crippen molar-refractivity contribution in [3.05, 3.63) is 53.9 Å². The zero-order valence-corrected chi connectivity index (χ0v) is 12.5. The van der Waals surface area contributed by atoms with E-state index in [0.29, 0.717) is 17.0 Å². The van der Waals surface area contributed by atoms with Crippen LogP contribution in [0.3, 0.4) is 0 Å². The molecule has 0 aliphatic carbocycles. The van der Waals surface area contributed by atoms with Gasteiger partial charge in [-0.25, -0.2) is 0 Å². The van der Waals surface area contributed by atoms with Crippen LogP contribution in [0.4, 0.5) is 0 Å². The molecule has 0 bridgehead atoms. The van der Waals surface area contributed by atoms with Crippen LogP contribution in [0.5, 0.6) is 11.5 Å². The van der Waals surface area contributed by atoms with Crippen molar-refractivity contribution in [3.63, 3.8) is 0 Å². The van der Waals surface area contributed by atoms with E-state index in [1.807, 2.05) is 19.9 Å². The molecular weight excluding hydrogens is 266 g/mol. The normalized spacial score (nSPS) is 10.5. The predicted molar refractivity (Wildman–Crippen MR) is 81.0 cm³/mol. The van der Waals surface area contributed by atoms with Gasteiger partial charge >= 0.3 is 0 Å². The number of rotatable bonds is 6. The first-order valence-electron chi connectivity index (χ1n) is 6.88. The van der Waals surface area contributed by atoms with E-state index in [-0.39, 0.29) is 18.3 Å². The molecular formula is C17H19NO3. The first-order valence-corrected chi connectivity index (χ1v) is 6.88. The van der Waals surface area contributed by atoms with E-state index in [2.05, 4.69) is 4.98 Å². The molecule has 1 heterocycles.